The number of nitriles is 1. The molecule has 1 aromatic carbocycles. The van der Waals surface area contributed by atoms with E-state index in [2.05, 4.69) is 19.1 Å². The summed E-state index contributed by atoms with van der Waals surface area (Å²) in [6, 6.07) is 8.48. The minimum absolute atomic E-state index is 0.294. The third kappa shape index (κ3) is 1.39. The van der Waals surface area contributed by atoms with Crippen LogP contribution >= 0.6 is 0 Å². The first-order valence-corrected chi connectivity index (χ1v) is 5.20. The molecular weight excluding hydrogens is 186 g/mol. The summed E-state index contributed by atoms with van der Waals surface area (Å²) in [6.07, 6.45) is 0.948. The van der Waals surface area contributed by atoms with Gasteiger partial charge in [-0.2, -0.15) is 5.26 Å². The maximum absolute atomic E-state index is 9.29. The lowest BCUT2D eigenvalue weighted by Crippen LogP contribution is -2.08. The molecule has 1 saturated carbocycles. The van der Waals surface area contributed by atoms with E-state index in [9.17, 15) is 5.26 Å². The first-order chi connectivity index (χ1) is 7.14. The molecule has 0 aliphatic heterocycles. The number of nitrogens with zero attached hydrogens (tertiary/aromatic N) is 1. The Morgan fingerprint density at radius 2 is 2.20 bits per heavy atom. The lowest BCUT2D eigenvalue weighted by atomic mass is 9.93. The summed E-state index contributed by atoms with van der Waals surface area (Å²) >= 11 is 0. The zero-order chi connectivity index (χ0) is 11.1. The minimum Gasteiger partial charge on any atom is -0.496 e. The van der Waals surface area contributed by atoms with E-state index < -0.39 is 0 Å². The fraction of sp³-hybridized carbons (Fsp3) is 0.462. The smallest absolute Gasteiger partial charge is 0.123 e. The number of aryl methyl sites for hydroxylation is 1. The molecule has 2 atom stereocenters. The van der Waals surface area contributed by atoms with Gasteiger partial charge in [0.15, 0.2) is 0 Å². The third-order valence-corrected chi connectivity index (χ3v) is 3.34. The number of hydrogen-bond donors (Lipinski definition) is 0. The van der Waals surface area contributed by atoms with Crippen LogP contribution in [-0.4, -0.2) is 7.11 Å². The van der Waals surface area contributed by atoms with Gasteiger partial charge in [-0.05, 0) is 25.3 Å². The standard InChI is InChI=1S/C13H15NO/c1-9-4-5-12(15-3)11(6-9)13(8-14)7-10(13)2/h4-6,10H,7H2,1-3H3. The Bertz CT molecular complexity index is 433. The Hall–Kier alpha value is -1.49. The zero-order valence-electron chi connectivity index (χ0n) is 9.37. The molecule has 0 heterocycles. The Kier molecular flexibility index (Phi) is 2.19. The van der Waals surface area contributed by atoms with E-state index in [4.69, 9.17) is 4.74 Å². The fourth-order valence-corrected chi connectivity index (χ4v) is 2.19. The molecule has 78 valence electrons. The average Bonchev–Trinajstić information content (AvgIpc) is 2.91. The minimum atomic E-state index is -0.294. The topological polar surface area (TPSA) is 33.0 Å². The normalized spacial score (nSPS) is 28.3. The van der Waals surface area contributed by atoms with Gasteiger partial charge in [-0.25, -0.2) is 0 Å². The highest BCUT2D eigenvalue weighted by molar-refractivity contribution is 5.50. The van der Waals surface area contributed by atoms with Crippen LogP contribution in [0.4, 0.5) is 0 Å². The number of methoxy groups -OCH3 is 1. The molecule has 1 aromatic rings. The maximum Gasteiger partial charge on any atom is 0.123 e. The van der Waals surface area contributed by atoms with E-state index in [1.165, 1.54) is 5.56 Å². The first kappa shape index (κ1) is 10.0. The second kappa shape index (κ2) is 3.27. The number of rotatable bonds is 2. The van der Waals surface area contributed by atoms with Crippen LogP contribution in [-0.2, 0) is 5.41 Å². The van der Waals surface area contributed by atoms with Gasteiger partial charge >= 0.3 is 0 Å². The van der Waals surface area contributed by atoms with Crippen LogP contribution < -0.4 is 4.74 Å². The van der Waals surface area contributed by atoms with Crippen molar-refractivity contribution >= 4 is 0 Å². The van der Waals surface area contributed by atoms with Crippen molar-refractivity contribution in [1.82, 2.24) is 0 Å². The van der Waals surface area contributed by atoms with Crippen molar-refractivity contribution in [3.8, 4) is 11.8 Å². The van der Waals surface area contributed by atoms with Crippen molar-refractivity contribution in [2.24, 2.45) is 5.92 Å². The van der Waals surface area contributed by atoms with Gasteiger partial charge in [0, 0.05) is 5.56 Å². The van der Waals surface area contributed by atoms with E-state index in [-0.39, 0.29) is 5.41 Å². The highest BCUT2D eigenvalue weighted by Crippen LogP contribution is 2.56. The Labute approximate surface area is 90.5 Å². The Morgan fingerprint density at radius 1 is 1.53 bits per heavy atom. The van der Waals surface area contributed by atoms with E-state index in [0.717, 1.165) is 17.7 Å². The molecule has 2 unspecified atom stereocenters. The quantitative estimate of drug-likeness (QED) is 0.737. The molecule has 0 amide bonds. The second-order valence-electron chi connectivity index (χ2n) is 4.39. The molecule has 0 radical (unpaired) electrons. The van der Waals surface area contributed by atoms with Gasteiger partial charge < -0.3 is 4.74 Å². The molecule has 15 heavy (non-hydrogen) atoms. The van der Waals surface area contributed by atoms with Crippen molar-refractivity contribution in [1.29, 1.82) is 5.26 Å². The Balaban J connectivity index is 2.52. The van der Waals surface area contributed by atoms with Crippen molar-refractivity contribution in [3.63, 3.8) is 0 Å². The molecule has 0 saturated heterocycles. The average molecular weight is 201 g/mol. The largest absolute Gasteiger partial charge is 0.496 e. The molecule has 0 aromatic heterocycles. The summed E-state index contributed by atoms with van der Waals surface area (Å²) in [5.41, 5.74) is 1.94. The molecule has 0 bridgehead atoms. The van der Waals surface area contributed by atoms with E-state index in [1.54, 1.807) is 7.11 Å². The number of benzene rings is 1. The highest BCUT2D eigenvalue weighted by atomic mass is 16.5. The summed E-state index contributed by atoms with van der Waals surface area (Å²) in [6.45, 7) is 4.16. The monoisotopic (exact) mass is 201 g/mol. The van der Waals surface area contributed by atoms with Crippen LogP contribution in [0.5, 0.6) is 5.75 Å². The van der Waals surface area contributed by atoms with Crippen LogP contribution in [0, 0.1) is 24.2 Å². The zero-order valence-corrected chi connectivity index (χ0v) is 9.37. The summed E-state index contributed by atoms with van der Waals surface area (Å²) < 4.78 is 5.33. The van der Waals surface area contributed by atoms with Crippen LogP contribution in [0.25, 0.3) is 0 Å². The lowest BCUT2D eigenvalue weighted by Gasteiger charge is -2.13. The van der Waals surface area contributed by atoms with Crippen molar-refractivity contribution in [3.05, 3.63) is 29.3 Å². The predicted molar refractivity (Wildman–Crippen MR) is 58.8 cm³/mol. The molecule has 1 fully saturated rings. The first-order valence-electron chi connectivity index (χ1n) is 5.20. The third-order valence-electron chi connectivity index (χ3n) is 3.34. The fourth-order valence-electron chi connectivity index (χ4n) is 2.19. The maximum atomic E-state index is 9.29. The summed E-state index contributed by atoms with van der Waals surface area (Å²) in [5, 5.41) is 9.29. The SMILES string of the molecule is COc1ccc(C)cc1C1(C#N)CC1C. The van der Waals surface area contributed by atoms with Gasteiger partial charge in [-0.1, -0.05) is 24.6 Å². The number of hydrogen-bond acceptors (Lipinski definition) is 2. The van der Waals surface area contributed by atoms with E-state index in [0.29, 0.717) is 5.92 Å². The lowest BCUT2D eigenvalue weighted by molar-refractivity contribution is 0.406. The van der Waals surface area contributed by atoms with Gasteiger partial charge in [-0.3, -0.25) is 0 Å². The van der Waals surface area contributed by atoms with Gasteiger partial charge in [0.2, 0.25) is 0 Å². The highest BCUT2D eigenvalue weighted by Gasteiger charge is 2.54. The summed E-state index contributed by atoms with van der Waals surface area (Å²) in [7, 11) is 1.66. The molecule has 0 N–H and O–H groups in total. The Morgan fingerprint density at radius 3 is 2.67 bits per heavy atom. The molecule has 2 rings (SSSR count). The summed E-state index contributed by atoms with van der Waals surface area (Å²) in [4.78, 5) is 0. The number of ether oxygens (including phenoxy) is 1. The van der Waals surface area contributed by atoms with E-state index in [1.807, 2.05) is 19.1 Å². The molecule has 2 nitrogen and oxygen atoms in total. The molecule has 0 spiro atoms. The second-order valence-corrected chi connectivity index (χ2v) is 4.39. The molecule has 2 heteroatoms. The van der Waals surface area contributed by atoms with Crippen molar-refractivity contribution in [2.75, 3.05) is 7.11 Å². The van der Waals surface area contributed by atoms with Gasteiger partial charge in [-0.15, -0.1) is 0 Å². The molecule has 1 aliphatic rings. The van der Waals surface area contributed by atoms with Crippen LogP contribution in [0.3, 0.4) is 0 Å². The van der Waals surface area contributed by atoms with Gasteiger partial charge in [0.25, 0.3) is 0 Å². The molecule has 1 aliphatic carbocycles. The summed E-state index contributed by atoms with van der Waals surface area (Å²) in [5.74, 6) is 1.28. The van der Waals surface area contributed by atoms with Crippen LogP contribution in [0.15, 0.2) is 18.2 Å². The molecular formula is C13H15NO. The van der Waals surface area contributed by atoms with Crippen LogP contribution in [0.1, 0.15) is 24.5 Å². The van der Waals surface area contributed by atoms with Crippen LogP contribution in [0.2, 0.25) is 0 Å². The predicted octanol–water partition coefficient (Wildman–Crippen LogP) is 2.80. The van der Waals surface area contributed by atoms with Crippen molar-refractivity contribution in [2.45, 2.75) is 25.7 Å². The van der Waals surface area contributed by atoms with Gasteiger partial charge in [0.1, 0.15) is 5.75 Å². The van der Waals surface area contributed by atoms with Crippen molar-refractivity contribution < 1.29 is 4.74 Å². The van der Waals surface area contributed by atoms with E-state index >= 15 is 0 Å². The van der Waals surface area contributed by atoms with Gasteiger partial charge in [0.05, 0.1) is 18.6 Å².